The Morgan fingerprint density at radius 3 is 2.67 bits per heavy atom. The third kappa shape index (κ3) is 1.91. The maximum atomic E-state index is 13.7. The van der Waals surface area contributed by atoms with Gasteiger partial charge in [0.05, 0.1) is 11.1 Å². The van der Waals surface area contributed by atoms with Gasteiger partial charge in [0, 0.05) is 24.4 Å². The van der Waals surface area contributed by atoms with Crippen molar-refractivity contribution in [1.29, 1.82) is 0 Å². The van der Waals surface area contributed by atoms with Crippen LogP contribution >= 0.6 is 11.6 Å². The summed E-state index contributed by atoms with van der Waals surface area (Å²) in [5, 5.41) is 10.6. The molecule has 0 amide bonds. The first kappa shape index (κ1) is 12.0. The zero-order valence-corrected chi connectivity index (χ0v) is 10.7. The fraction of sp³-hybridized carbons (Fsp3) is 0.429. The van der Waals surface area contributed by atoms with Crippen LogP contribution in [0.4, 0.5) is 4.39 Å². The lowest BCUT2D eigenvalue weighted by atomic mass is 9.83. The summed E-state index contributed by atoms with van der Waals surface area (Å²) in [6.45, 7) is 1.89. The molecule has 2 bridgehead atoms. The molecule has 1 aromatic rings. The van der Waals surface area contributed by atoms with Gasteiger partial charge in [-0.2, -0.15) is 0 Å². The number of aliphatic hydroxyl groups is 1. The normalized spacial score (nSPS) is 29.1. The first-order valence-electron chi connectivity index (χ1n) is 6.25. The van der Waals surface area contributed by atoms with Crippen LogP contribution in [0.2, 0.25) is 5.02 Å². The van der Waals surface area contributed by atoms with Gasteiger partial charge in [0.1, 0.15) is 5.82 Å². The van der Waals surface area contributed by atoms with E-state index in [1.54, 1.807) is 18.2 Å². The van der Waals surface area contributed by atoms with E-state index >= 15 is 0 Å². The molecule has 3 saturated heterocycles. The summed E-state index contributed by atoms with van der Waals surface area (Å²) < 4.78 is 13.7. The molecule has 0 aliphatic carbocycles. The zero-order chi connectivity index (χ0) is 12.7. The van der Waals surface area contributed by atoms with Crippen molar-refractivity contribution in [3.63, 3.8) is 0 Å². The molecular formula is C14H15ClFNO. The Hall–Kier alpha value is -1.06. The van der Waals surface area contributed by atoms with E-state index in [9.17, 15) is 9.50 Å². The van der Waals surface area contributed by atoms with Crippen LogP contribution < -0.4 is 0 Å². The van der Waals surface area contributed by atoms with Crippen LogP contribution in [-0.4, -0.2) is 29.2 Å². The summed E-state index contributed by atoms with van der Waals surface area (Å²) >= 11 is 6.01. The predicted molar refractivity (Wildman–Crippen MR) is 69.7 cm³/mol. The zero-order valence-electron chi connectivity index (χ0n) is 9.94. The minimum Gasteiger partial charge on any atom is -0.387 e. The number of aliphatic hydroxyl groups excluding tert-OH is 1. The Labute approximate surface area is 111 Å². The van der Waals surface area contributed by atoms with Gasteiger partial charge >= 0.3 is 0 Å². The summed E-state index contributed by atoms with van der Waals surface area (Å²) in [6, 6.07) is 4.64. The monoisotopic (exact) mass is 267 g/mol. The summed E-state index contributed by atoms with van der Waals surface area (Å²) in [7, 11) is 0. The van der Waals surface area contributed by atoms with Gasteiger partial charge in [0.15, 0.2) is 0 Å². The number of hydrogen-bond donors (Lipinski definition) is 1. The van der Waals surface area contributed by atoms with Crippen molar-refractivity contribution in [3.05, 3.63) is 40.3 Å². The maximum Gasteiger partial charge on any atom is 0.131 e. The molecule has 0 aromatic heterocycles. The average Bonchev–Trinajstić information content (AvgIpc) is 2.37. The van der Waals surface area contributed by atoms with Crippen LogP contribution in [0, 0.1) is 11.7 Å². The summed E-state index contributed by atoms with van der Waals surface area (Å²) in [5.41, 5.74) is 1.19. The first-order valence-corrected chi connectivity index (χ1v) is 6.63. The van der Waals surface area contributed by atoms with Gasteiger partial charge < -0.3 is 10.0 Å². The highest BCUT2D eigenvalue weighted by Gasteiger charge is 2.36. The lowest BCUT2D eigenvalue weighted by Crippen LogP contribution is -2.48. The van der Waals surface area contributed by atoms with Gasteiger partial charge in [-0.25, -0.2) is 4.39 Å². The molecule has 96 valence electrons. The summed E-state index contributed by atoms with van der Waals surface area (Å²) in [5.74, 6) is -0.0309. The number of rotatable bonds is 1. The molecule has 2 nitrogen and oxygen atoms in total. The molecule has 4 heteroatoms. The molecular weight excluding hydrogens is 253 g/mol. The van der Waals surface area contributed by atoms with Gasteiger partial charge in [-0.3, -0.25) is 0 Å². The second kappa shape index (κ2) is 4.56. The fourth-order valence-corrected chi connectivity index (χ4v) is 3.09. The molecule has 1 atom stereocenters. The predicted octanol–water partition coefficient (Wildman–Crippen LogP) is 2.91. The standard InChI is InChI=1S/C14H15ClFNO/c15-11-2-1-3-12(16)10(11)8-13-14(18)9-4-6-17(13)7-5-9/h1-3,8-9,14,18H,4-7H2. The molecule has 0 spiro atoms. The largest absolute Gasteiger partial charge is 0.387 e. The Kier molecular flexibility index (Phi) is 3.04. The van der Waals surface area contributed by atoms with Crippen LogP contribution in [0.3, 0.4) is 0 Å². The van der Waals surface area contributed by atoms with Crippen LogP contribution in [0.5, 0.6) is 0 Å². The number of halogens is 2. The fourth-order valence-electron chi connectivity index (χ4n) is 2.88. The van der Waals surface area contributed by atoms with E-state index < -0.39 is 6.10 Å². The molecule has 1 aromatic carbocycles. The maximum absolute atomic E-state index is 13.7. The van der Waals surface area contributed by atoms with Crippen molar-refractivity contribution in [2.75, 3.05) is 13.1 Å². The minimum atomic E-state index is -0.483. The third-order valence-electron chi connectivity index (χ3n) is 3.95. The molecule has 0 radical (unpaired) electrons. The van der Waals surface area contributed by atoms with E-state index in [0.29, 0.717) is 16.5 Å². The molecule has 18 heavy (non-hydrogen) atoms. The van der Waals surface area contributed by atoms with Crippen LogP contribution in [0.15, 0.2) is 23.9 Å². The van der Waals surface area contributed by atoms with Crippen LogP contribution in [-0.2, 0) is 0 Å². The second-order valence-electron chi connectivity index (χ2n) is 4.97. The van der Waals surface area contributed by atoms with E-state index in [2.05, 4.69) is 4.90 Å². The summed E-state index contributed by atoms with van der Waals surface area (Å²) in [6.07, 6.45) is 3.25. The average molecular weight is 268 g/mol. The molecule has 3 aliphatic rings. The van der Waals surface area contributed by atoms with Crippen LogP contribution in [0.1, 0.15) is 18.4 Å². The van der Waals surface area contributed by atoms with E-state index in [0.717, 1.165) is 31.6 Å². The van der Waals surface area contributed by atoms with Gasteiger partial charge in [-0.15, -0.1) is 0 Å². The van der Waals surface area contributed by atoms with Gasteiger partial charge in [0.2, 0.25) is 0 Å². The highest BCUT2D eigenvalue weighted by molar-refractivity contribution is 6.32. The van der Waals surface area contributed by atoms with Crippen molar-refractivity contribution in [2.45, 2.75) is 18.9 Å². The Bertz CT molecular complexity index is 470. The van der Waals surface area contributed by atoms with E-state index in [1.165, 1.54) is 6.07 Å². The molecule has 1 unspecified atom stereocenters. The van der Waals surface area contributed by atoms with E-state index in [1.807, 2.05) is 0 Å². The summed E-state index contributed by atoms with van der Waals surface area (Å²) in [4.78, 5) is 2.13. The van der Waals surface area contributed by atoms with Crippen molar-refractivity contribution < 1.29 is 9.50 Å². The lowest BCUT2D eigenvalue weighted by Gasteiger charge is -2.46. The number of piperidine rings is 3. The topological polar surface area (TPSA) is 23.5 Å². The number of benzene rings is 1. The van der Waals surface area contributed by atoms with Gasteiger partial charge in [-0.1, -0.05) is 17.7 Å². The number of hydrogen-bond acceptors (Lipinski definition) is 2. The van der Waals surface area contributed by atoms with E-state index in [-0.39, 0.29) is 5.82 Å². The lowest BCUT2D eigenvalue weighted by molar-refractivity contribution is 0.0215. The third-order valence-corrected chi connectivity index (χ3v) is 4.28. The molecule has 0 saturated carbocycles. The van der Waals surface area contributed by atoms with Crippen molar-refractivity contribution in [3.8, 4) is 0 Å². The molecule has 3 fully saturated rings. The van der Waals surface area contributed by atoms with Crippen molar-refractivity contribution in [2.24, 2.45) is 5.92 Å². The molecule has 3 aliphatic heterocycles. The Morgan fingerprint density at radius 1 is 1.33 bits per heavy atom. The van der Waals surface area contributed by atoms with E-state index in [4.69, 9.17) is 11.6 Å². The molecule has 4 rings (SSSR count). The SMILES string of the molecule is OC1C(=Cc2c(F)cccc2Cl)N2CCC1CC2. The molecule has 1 N–H and O–H groups in total. The highest BCUT2D eigenvalue weighted by Crippen LogP contribution is 2.36. The smallest absolute Gasteiger partial charge is 0.131 e. The Balaban J connectivity index is 2.01. The van der Waals surface area contributed by atoms with Gasteiger partial charge in [0.25, 0.3) is 0 Å². The van der Waals surface area contributed by atoms with Crippen LogP contribution in [0.25, 0.3) is 6.08 Å². The minimum absolute atomic E-state index is 0.312. The number of nitrogens with zero attached hydrogens (tertiary/aromatic N) is 1. The van der Waals surface area contributed by atoms with Crippen molar-refractivity contribution >= 4 is 17.7 Å². The molecule has 3 heterocycles. The van der Waals surface area contributed by atoms with Gasteiger partial charge in [-0.05, 0) is 37.0 Å². The quantitative estimate of drug-likeness (QED) is 0.846. The van der Waals surface area contributed by atoms with Crippen molar-refractivity contribution in [1.82, 2.24) is 4.90 Å². The second-order valence-corrected chi connectivity index (χ2v) is 5.38. The number of fused-ring (bicyclic) bond motifs is 3. The Morgan fingerprint density at radius 2 is 2.06 bits per heavy atom. The first-order chi connectivity index (χ1) is 8.66. The highest BCUT2D eigenvalue weighted by atomic mass is 35.5.